The fourth-order valence-electron chi connectivity index (χ4n) is 1.10. The molecule has 5 nitrogen and oxygen atoms in total. The van der Waals surface area contributed by atoms with E-state index in [0.717, 1.165) is 18.2 Å². The zero-order chi connectivity index (χ0) is 10.6. The van der Waals surface area contributed by atoms with Crippen molar-refractivity contribution >= 4 is 15.8 Å². The Labute approximate surface area is 82.8 Å². The Morgan fingerprint density at radius 2 is 2.36 bits per heavy atom. The minimum absolute atomic E-state index is 0.359. The average molecular weight is 214 g/mol. The van der Waals surface area contributed by atoms with Crippen molar-refractivity contribution in [3.8, 4) is 6.07 Å². The first-order valence-electron chi connectivity index (χ1n) is 4.03. The Balaban J connectivity index is 2.62. The first-order chi connectivity index (χ1) is 6.51. The summed E-state index contributed by atoms with van der Waals surface area (Å²) in [6.07, 6.45) is 4.38. The molecule has 0 aromatic heterocycles. The second-order valence-corrected chi connectivity index (χ2v) is 4.56. The van der Waals surface area contributed by atoms with E-state index >= 15 is 0 Å². The molecule has 0 radical (unpaired) electrons. The molecule has 0 aromatic rings. The Morgan fingerprint density at radius 3 is 2.93 bits per heavy atom. The fraction of sp³-hybridized carbons (Fsp3) is 0.500. The van der Waals surface area contributed by atoms with Crippen molar-refractivity contribution in [2.45, 2.75) is 19.3 Å². The summed E-state index contributed by atoms with van der Waals surface area (Å²) in [5.74, 6) is 0. The van der Waals surface area contributed by atoms with E-state index in [1.54, 1.807) is 6.08 Å². The Bertz CT molecular complexity index is 414. The number of allylic oxidation sites excluding steroid dienone is 2. The van der Waals surface area contributed by atoms with Crippen molar-refractivity contribution in [2.24, 2.45) is 5.16 Å². The number of rotatable bonds is 3. The van der Waals surface area contributed by atoms with E-state index in [9.17, 15) is 8.42 Å². The molecule has 0 bridgehead atoms. The minimum atomic E-state index is -3.52. The highest BCUT2D eigenvalue weighted by Crippen LogP contribution is 2.18. The van der Waals surface area contributed by atoms with Gasteiger partial charge in [-0.15, -0.1) is 0 Å². The van der Waals surface area contributed by atoms with Crippen molar-refractivity contribution in [3.63, 3.8) is 0 Å². The summed E-state index contributed by atoms with van der Waals surface area (Å²) < 4.78 is 25.5. The lowest BCUT2D eigenvalue weighted by Gasteiger charge is -1.93. The third-order valence-corrected chi connectivity index (χ3v) is 2.01. The van der Waals surface area contributed by atoms with Crippen LogP contribution >= 0.6 is 0 Å². The van der Waals surface area contributed by atoms with Crippen molar-refractivity contribution in [3.05, 3.63) is 11.6 Å². The van der Waals surface area contributed by atoms with Gasteiger partial charge in [-0.3, -0.25) is 4.28 Å². The Morgan fingerprint density at radius 1 is 1.64 bits per heavy atom. The van der Waals surface area contributed by atoms with Crippen LogP contribution < -0.4 is 0 Å². The van der Waals surface area contributed by atoms with E-state index in [0.29, 0.717) is 18.6 Å². The molecule has 0 saturated heterocycles. The summed E-state index contributed by atoms with van der Waals surface area (Å²) in [4.78, 5) is 0. The first kappa shape index (κ1) is 10.7. The maximum absolute atomic E-state index is 10.6. The van der Waals surface area contributed by atoms with Crippen molar-refractivity contribution < 1.29 is 12.7 Å². The van der Waals surface area contributed by atoms with Gasteiger partial charge >= 0.3 is 10.1 Å². The van der Waals surface area contributed by atoms with Crippen LogP contribution in [0.15, 0.2) is 16.8 Å². The average Bonchev–Trinajstić information content (AvgIpc) is 2.49. The summed E-state index contributed by atoms with van der Waals surface area (Å²) in [6.45, 7) is 0. The van der Waals surface area contributed by atoms with Crippen LogP contribution in [0.25, 0.3) is 0 Å². The van der Waals surface area contributed by atoms with E-state index in [2.05, 4.69) is 9.44 Å². The standard InChI is InChI=1S/C8H10N2O3S/c1-14(11,12)13-10-8-3-2-7(6-8)4-5-9/h6H,2-4H2,1H3/b10-8+. The third kappa shape index (κ3) is 3.58. The molecule has 14 heavy (non-hydrogen) atoms. The lowest BCUT2D eigenvalue weighted by Crippen LogP contribution is -1.99. The molecule has 1 aliphatic carbocycles. The SMILES string of the molecule is CS(=O)(=O)O/N=C1/C=C(CC#N)CC1. The van der Waals surface area contributed by atoms with Crippen molar-refractivity contribution in [1.29, 1.82) is 5.26 Å². The number of oxime groups is 1. The van der Waals surface area contributed by atoms with E-state index in [1.165, 1.54) is 0 Å². The van der Waals surface area contributed by atoms with Gasteiger partial charge in [-0.05, 0) is 18.9 Å². The number of hydrogen-bond donors (Lipinski definition) is 0. The van der Waals surface area contributed by atoms with E-state index in [1.807, 2.05) is 6.07 Å². The van der Waals surface area contributed by atoms with Gasteiger partial charge in [-0.2, -0.15) is 13.7 Å². The van der Waals surface area contributed by atoms with Gasteiger partial charge < -0.3 is 0 Å². The van der Waals surface area contributed by atoms with Gasteiger partial charge in [0.1, 0.15) is 0 Å². The molecule has 0 aliphatic heterocycles. The van der Waals surface area contributed by atoms with Gasteiger partial charge in [0, 0.05) is 0 Å². The predicted molar refractivity (Wildman–Crippen MR) is 50.9 cm³/mol. The minimum Gasteiger partial charge on any atom is -0.268 e. The number of nitrogens with zero attached hydrogens (tertiary/aromatic N) is 2. The van der Waals surface area contributed by atoms with Crippen molar-refractivity contribution in [1.82, 2.24) is 0 Å². The maximum Gasteiger partial charge on any atom is 0.325 e. The molecule has 6 heteroatoms. The second-order valence-electron chi connectivity index (χ2n) is 3.00. The van der Waals surface area contributed by atoms with Crippen LogP contribution in [0, 0.1) is 11.3 Å². The molecule has 1 rings (SSSR count). The lowest BCUT2D eigenvalue weighted by molar-refractivity contribution is 0.342. The summed E-state index contributed by atoms with van der Waals surface area (Å²) in [5.41, 5.74) is 1.53. The zero-order valence-corrected chi connectivity index (χ0v) is 8.54. The van der Waals surface area contributed by atoms with E-state index in [-0.39, 0.29) is 0 Å². The summed E-state index contributed by atoms with van der Waals surface area (Å²) in [7, 11) is -3.52. The molecule has 0 saturated carbocycles. The number of hydrogen-bond acceptors (Lipinski definition) is 5. The molecule has 0 spiro atoms. The smallest absolute Gasteiger partial charge is 0.268 e. The second kappa shape index (κ2) is 4.24. The molecular formula is C8H10N2O3S. The molecule has 0 heterocycles. The highest BCUT2D eigenvalue weighted by atomic mass is 32.2. The first-order valence-corrected chi connectivity index (χ1v) is 5.85. The molecule has 0 unspecified atom stereocenters. The Hall–Kier alpha value is -1.35. The number of nitriles is 1. The summed E-state index contributed by atoms with van der Waals surface area (Å²) >= 11 is 0. The van der Waals surface area contributed by atoms with E-state index in [4.69, 9.17) is 5.26 Å². The maximum atomic E-state index is 10.6. The van der Waals surface area contributed by atoms with Gasteiger partial charge in [0.25, 0.3) is 0 Å². The van der Waals surface area contributed by atoms with Gasteiger partial charge in [0.15, 0.2) is 0 Å². The quantitative estimate of drug-likeness (QED) is 0.655. The summed E-state index contributed by atoms with van der Waals surface area (Å²) in [6, 6.07) is 2.02. The molecule has 76 valence electrons. The van der Waals surface area contributed by atoms with Crippen LogP contribution in [0.1, 0.15) is 19.3 Å². The Kier molecular flexibility index (Phi) is 3.25. The van der Waals surface area contributed by atoms with Gasteiger partial charge in [-0.25, -0.2) is 0 Å². The van der Waals surface area contributed by atoms with Crippen LogP contribution in [-0.2, 0) is 14.4 Å². The monoisotopic (exact) mass is 214 g/mol. The van der Waals surface area contributed by atoms with Crippen LogP contribution in [0.3, 0.4) is 0 Å². The lowest BCUT2D eigenvalue weighted by atomic mass is 10.2. The van der Waals surface area contributed by atoms with Crippen LogP contribution in [0.2, 0.25) is 0 Å². The molecule has 1 aliphatic rings. The third-order valence-electron chi connectivity index (χ3n) is 1.67. The van der Waals surface area contributed by atoms with Gasteiger partial charge in [0.05, 0.1) is 24.5 Å². The normalized spacial score (nSPS) is 19.1. The van der Waals surface area contributed by atoms with Crippen LogP contribution in [0.4, 0.5) is 0 Å². The predicted octanol–water partition coefficient (Wildman–Crippen LogP) is 0.952. The van der Waals surface area contributed by atoms with Crippen LogP contribution in [-0.4, -0.2) is 20.4 Å². The summed E-state index contributed by atoms with van der Waals surface area (Å²) in [5, 5.41) is 11.9. The molecule has 0 atom stereocenters. The molecule has 0 fully saturated rings. The molecule has 0 N–H and O–H groups in total. The van der Waals surface area contributed by atoms with Crippen LogP contribution in [0.5, 0.6) is 0 Å². The van der Waals surface area contributed by atoms with Crippen molar-refractivity contribution in [2.75, 3.05) is 6.26 Å². The molecular weight excluding hydrogens is 204 g/mol. The molecule has 0 aromatic carbocycles. The van der Waals surface area contributed by atoms with Gasteiger partial charge in [-0.1, -0.05) is 10.7 Å². The fourth-order valence-corrected chi connectivity index (χ4v) is 1.33. The zero-order valence-electron chi connectivity index (χ0n) is 7.73. The largest absolute Gasteiger partial charge is 0.325 e. The van der Waals surface area contributed by atoms with Gasteiger partial charge in [0.2, 0.25) is 0 Å². The highest BCUT2D eigenvalue weighted by Gasteiger charge is 2.11. The van der Waals surface area contributed by atoms with E-state index < -0.39 is 10.1 Å². The highest BCUT2D eigenvalue weighted by molar-refractivity contribution is 7.85. The topological polar surface area (TPSA) is 79.5 Å². The molecule has 0 amide bonds.